The van der Waals surface area contributed by atoms with Gasteiger partial charge in [-0.3, -0.25) is 0 Å². The van der Waals surface area contributed by atoms with E-state index in [0.717, 1.165) is 5.56 Å². The predicted molar refractivity (Wildman–Crippen MR) is 54.7 cm³/mol. The van der Waals surface area contributed by atoms with E-state index >= 15 is 0 Å². The second kappa shape index (κ2) is 9.94. The van der Waals surface area contributed by atoms with Gasteiger partial charge in [-0.15, -0.1) is 0 Å². The Labute approximate surface area is 151 Å². The molecule has 18 heavy (non-hydrogen) atoms. The third-order valence-electron chi connectivity index (χ3n) is 1.97. The van der Waals surface area contributed by atoms with Crippen LogP contribution in [0.4, 0.5) is 0 Å². The van der Waals surface area contributed by atoms with Crippen LogP contribution in [0, 0.1) is 0 Å². The van der Waals surface area contributed by atoms with E-state index in [9.17, 15) is 14.4 Å². The molecule has 1 rings (SSSR count). The average Bonchev–Trinajstić information content (AvgIpc) is 2.16. The molecule has 0 amide bonds. The fourth-order valence-electron chi connectivity index (χ4n) is 1.24. The normalized spacial score (nSPS) is 10.5. The molecule has 0 unspecified atom stereocenters. The van der Waals surface area contributed by atoms with Crippen molar-refractivity contribution in [3.05, 3.63) is 29.8 Å². The molecule has 0 bridgehead atoms. The molecule has 0 heterocycles. The van der Waals surface area contributed by atoms with Gasteiger partial charge in [-0.2, -0.15) is 0 Å². The Bertz CT molecular complexity index is 394. The molecule has 0 spiro atoms. The van der Waals surface area contributed by atoms with Crippen molar-refractivity contribution in [3.8, 4) is 5.75 Å². The molecule has 1 aromatic rings. The van der Waals surface area contributed by atoms with Crippen LogP contribution in [-0.4, -0.2) is 6.79 Å². The molecule has 0 aliphatic heterocycles. The minimum absolute atomic E-state index is 0. The molecule has 0 aromatic heterocycles. The van der Waals surface area contributed by atoms with Crippen LogP contribution >= 0.6 is 7.82 Å². The van der Waals surface area contributed by atoms with Crippen LogP contribution in [0.5, 0.6) is 5.75 Å². The van der Waals surface area contributed by atoms with Crippen molar-refractivity contribution in [2.45, 2.75) is 19.8 Å². The molecule has 0 radical (unpaired) electrons. The molecule has 8 heteroatoms. The van der Waals surface area contributed by atoms with E-state index in [0.29, 0.717) is 5.75 Å². The van der Waals surface area contributed by atoms with Crippen molar-refractivity contribution in [2.75, 3.05) is 6.79 Å². The SMILES string of the molecule is CC(C)c1ccccc1OCOP(=O)([O-])[O-].[Na+].[Na+]. The topological polar surface area (TPSA) is 81.7 Å². The van der Waals surface area contributed by atoms with E-state index in [1.165, 1.54) is 0 Å². The molecule has 0 saturated heterocycles. The quantitative estimate of drug-likeness (QED) is 0.308. The summed E-state index contributed by atoms with van der Waals surface area (Å²) in [7, 11) is -4.97. The molecule has 0 atom stereocenters. The van der Waals surface area contributed by atoms with Crippen LogP contribution in [0.2, 0.25) is 0 Å². The summed E-state index contributed by atoms with van der Waals surface area (Å²) in [6, 6.07) is 7.18. The molecule has 0 N–H and O–H groups in total. The van der Waals surface area contributed by atoms with Crippen LogP contribution in [0.3, 0.4) is 0 Å². The summed E-state index contributed by atoms with van der Waals surface area (Å²) in [5.74, 6) is 0.758. The Kier molecular flexibility index (Phi) is 11.8. The number of benzene rings is 1. The van der Waals surface area contributed by atoms with E-state index < -0.39 is 14.6 Å². The Balaban J connectivity index is 0. The van der Waals surface area contributed by atoms with Crippen molar-refractivity contribution in [1.29, 1.82) is 0 Å². The summed E-state index contributed by atoms with van der Waals surface area (Å²) < 4.78 is 19.3. The van der Waals surface area contributed by atoms with Gasteiger partial charge in [-0.05, 0) is 17.5 Å². The van der Waals surface area contributed by atoms with Gasteiger partial charge in [0.15, 0.2) is 6.79 Å². The largest absolute Gasteiger partial charge is 1.00 e. The smallest absolute Gasteiger partial charge is 0.790 e. The first-order valence-corrected chi connectivity index (χ1v) is 6.24. The number of hydrogen-bond acceptors (Lipinski definition) is 5. The predicted octanol–water partition coefficient (Wildman–Crippen LogP) is -5.00. The zero-order chi connectivity index (χ0) is 12.2. The Morgan fingerprint density at radius 3 is 2.28 bits per heavy atom. The van der Waals surface area contributed by atoms with Crippen LogP contribution in [0.25, 0.3) is 0 Å². The van der Waals surface area contributed by atoms with E-state index in [2.05, 4.69) is 4.52 Å². The first-order chi connectivity index (χ1) is 7.40. The van der Waals surface area contributed by atoms with Gasteiger partial charge in [0.05, 0.1) is 7.82 Å². The maximum absolute atomic E-state index is 10.2. The summed E-state index contributed by atoms with van der Waals surface area (Å²) in [5, 5.41) is 0. The van der Waals surface area contributed by atoms with Gasteiger partial charge in [-0.25, -0.2) is 0 Å². The molecule has 0 aliphatic rings. The zero-order valence-electron chi connectivity index (χ0n) is 11.1. The summed E-state index contributed by atoms with van der Waals surface area (Å²) in [4.78, 5) is 20.4. The van der Waals surface area contributed by atoms with Crippen LogP contribution in [0.15, 0.2) is 24.3 Å². The second-order valence-corrected chi connectivity index (χ2v) is 4.68. The molecule has 1 aromatic carbocycles. The van der Waals surface area contributed by atoms with Gasteiger partial charge in [-0.1, -0.05) is 32.0 Å². The maximum Gasteiger partial charge on any atom is 1.00 e. The number of phosphoric ester groups is 1. The number of ether oxygens (including phenoxy) is 1. The van der Waals surface area contributed by atoms with Gasteiger partial charge < -0.3 is 23.6 Å². The van der Waals surface area contributed by atoms with E-state index in [-0.39, 0.29) is 65.0 Å². The minimum atomic E-state index is -4.97. The monoisotopic (exact) mass is 290 g/mol. The van der Waals surface area contributed by atoms with Crippen molar-refractivity contribution in [1.82, 2.24) is 0 Å². The summed E-state index contributed by atoms with van der Waals surface area (Å²) >= 11 is 0. The Morgan fingerprint density at radius 2 is 1.78 bits per heavy atom. The Hall–Kier alpha value is 1.13. The van der Waals surface area contributed by atoms with E-state index in [1.807, 2.05) is 26.0 Å². The fraction of sp³-hybridized carbons (Fsp3) is 0.400. The minimum Gasteiger partial charge on any atom is -0.790 e. The van der Waals surface area contributed by atoms with E-state index in [4.69, 9.17) is 4.74 Å². The Morgan fingerprint density at radius 1 is 1.22 bits per heavy atom. The van der Waals surface area contributed by atoms with Gasteiger partial charge in [0.1, 0.15) is 5.75 Å². The number of rotatable bonds is 5. The molecule has 0 fully saturated rings. The van der Waals surface area contributed by atoms with Crippen LogP contribution in [0.1, 0.15) is 25.3 Å². The first-order valence-electron chi connectivity index (χ1n) is 4.78. The molecule has 0 aliphatic carbocycles. The second-order valence-electron chi connectivity index (χ2n) is 3.53. The van der Waals surface area contributed by atoms with E-state index in [1.54, 1.807) is 12.1 Å². The molecule has 0 saturated carbocycles. The number of hydrogen-bond donors (Lipinski definition) is 0. The van der Waals surface area contributed by atoms with Gasteiger partial charge in [0, 0.05) is 0 Å². The van der Waals surface area contributed by atoms with Crippen molar-refractivity contribution in [3.63, 3.8) is 0 Å². The molecular formula is C10H13Na2O5P. The van der Waals surface area contributed by atoms with Crippen LogP contribution in [-0.2, 0) is 9.09 Å². The zero-order valence-corrected chi connectivity index (χ0v) is 16.0. The molecular weight excluding hydrogens is 277 g/mol. The van der Waals surface area contributed by atoms with Crippen molar-refractivity contribution >= 4 is 7.82 Å². The van der Waals surface area contributed by atoms with Crippen LogP contribution < -0.4 is 73.6 Å². The molecule has 5 nitrogen and oxygen atoms in total. The maximum atomic E-state index is 10.2. The number of phosphoric acid groups is 1. The van der Waals surface area contributed by atoms with Gasteiger partial charge in [0.25, 0.3) is 0 Å². The summed E-state index contributed by atoms with van der Waals surface area (Å²) in [6.07, 6.45) is 0. The summed E-state index contributed by atoms with van der Waals surface area (Å²) in [5.41, 5.74) is 0.928. The fourth-order valence-corrected chi connectivity index (χ4v) is 1.43. The average molecular weight is 290 g/mol. The van der Waals surface area contributed by atoms with Crippen molar-refractivity contribution in [2.24, 2.45) is 0 Å². The van der Waals surface area contributed by atoms with Crippen molar-refractivity contribution < 1.29 is 82.7 Å². The summed E-state index contributed by atoms with van der Waals surface area (Å²) in [6.45, 7) is 3.37. The van der Waals surface area contributed by atoms with Gasteiger partial charge >= 0.3 is 59.1 Å². The molecule has 90 valence electrons. The third-order valence-corrected chi connectivity index (χ3v) is 2.39. The standard InChI is InChI=1S/C10H15O5P.2Na/c1-8(2)9-5-3-4-6-10(9)14-7-15-16(11,12)13;;/h3-6,8H,7H2,1-2H3,(H2,11,12,13);;/q;2*+1/p-2. The third kappa shape index (κ3) is 8.33. The van der Waals surface area contributed by atoms with Gasteiger partial charge in [0.2, 0.25) is 0 Å². The number of para-hydroxylation sites is 1. The first kappa shape index (κ1) is 21.4.